The van der Waals surface area contributed by atoms with Crippen LogP contribution in [0.2, 0.25) is 0 Å². The molecule has 2 atom stereocenters. The summed E-state index contributed by atoms with van der Waals surface area (Å²) in [6, 6.07) is 1.19. The summed E-state index contributed by atoms with van der Waals surface area (Å²) in [6.07, 6.45) is 0.583. The van der Waals surface area contributed by atoms with Crippen molar-refractivity contribution in [3.05, 3.63) is 33.1 Å². The Morgan fingerprint density at radius 2 is 2.25 bits per heavy atom. The number of ether oxygens (including phenoxy) is 1. The fraction of sp³-hybridized carbons (Fsp3) is 0.444. The summed E-state index contributed by atoms with van der Waals surface area (Å²) in [6.45, 7) is 0. The zero-order chi connectivity index (χ0) is 11.7. The number of carbonyl (C=O) groups is 1. The van der Waals surface area contributed by atoms with Crippen molar-refractivity contribution in [3.8, 4) is 0 Å². The number of carboxylic acids is 1. The number of H-pyrrole nitrogens is 1. The minimum atomic E-state index is -1.04. The van der Waals surface area contributed by atoms with Gasteiger partial charge in [0, 0.05) is 12.3 Å². The van der Waals surface area contributed by atoms with E-state index in [0.29, 0.717) is 12.8 Å². The maximum absolute atomic E-state index is 11.4. The highest BCUT2D eigenvalue weighted by Crippen LogP contribution is 2.26. The van der Waals surface area contributed by atoms with Crippen molar-refractivity contribution >= 4 is 5.97 Å². The molecule has 86 valence electrons. The standard InChI is InChI=1S/C9H10N2O5/c12-6-3-4-11(9(15)10-6)7-2-1-5(16-7)8(13)14/h3-5,7H,1-2H2,(H,13,14)(H,10,12,15)/t5-,7-/m0/s1. The number of hydrogen-bond acceptors (Lipinski definition) is 4. The molecule has 2 N–H and O–H groups in total. The van der Waals surface area contributed by atoms with E-state index in [1.54, 1.807) is 0 Å². The van der Waals surface area contributed by atoms with Gasteiger partial charge in [-0.3, -0.25) is 14.3 Å². The normalized spacial score (nSPS) is 24.5. The highest BCUT2D eigenvalue weighted by atomic mass is 16.5. The van der Waals surface area contributed by atoms with E-state index in [1.165, 1.54) is 16.8 Å². The van der Waals surface area contributed by atoms with Gasteiger partial charge in [-0.25, -0.2) is 9.59 Å². The van der Waals surface area contributed by atoms with Gasteiger partial charge in [0.05, 0.1) is 0 Å². The van der Waals surface area contributed by atoms with Gasteiger partial charge < -0.3 is 9.84 Å². The van der Waals surface area contributed by atoms with Gasteiger partial charge in [0.1, 0.15) is 6.23 Å². The van der Waals surface area contributed by atoms with Crippen molar-refractivity contribution in [2.75, 3.05) is 0 Å². The number of hydrogen-bond donors (Lipinski definition) is 2. The first-order valence-electron chi connectivity index (χ1n) is 4.77. The van der Waals surface area contributed by atoms with E-state index < -0.39 is 29.6 Å². The fourth-order valence-electron chi connectivity index (χ4n) is 1.66. The number of aromatic nitrogens is 2. The van der Waals surface area contributed by atoms with Gasteiger partial charge in [0.15, 0.2) is 6.10 Å². The molecule has 0 bridgehead atoms. The molecule has 7 nitrogen and oxygen atoms in total. The van der Waals surface area contributed by atoms with Crippen LogP contribution in [0.4, 0.5) is 0 Å². The molecule has 7 heteroatoms. The van der Waals surface area contributed by atoms with Crippen LogP contribution in [0.3, 0.4) is 0 Å². The van der Waals surface area contributed by atoms with Crippen LogP contribution >= 0.6 is 0 Å². The fourth-order valence-corrected chi connectivity index (χ4v) is 1.66. The van der Waals surface area contributed by atoms with Crippen LogP contribution in [0.5, 0.6) is 0 Å². The number of nitrogens with zero attached hydrogens (tertiary/aromatic N) is 1. The van der Waals surface area contributed by atoms with Gasteiger partial charge in [-0.1, -0.05) is 0 Å². The van der Waals surface area contributed by atoms with Crippen LogP contribution < -0.4 is 11.2 Å². The van der Waals surface area contributed by atoms with Gasteiger partial charge in [0.2, 0.25) is 0 Å². The molecule has 1 fully saturated rings. The highest BCUT2D eigenvalue weighted by Gasteiger charge is 2.31. The molecule has 1 saturated heterocycles. The molecular formula is C9H10N2O5. The minimum absolute atomic E-state index is 0.353. The van der Waals surface area contributed by atoms with Crippen LogP contribution in [0.15, 0.2) is 21.9 Å². The predicted octanol–water partition coefficient (Wildman–Crippen LogP) is -0.701. The van der Waals surface area contributed by atoms with Crippen molar-refractivity contribution in [1.29, 1.82) is 0 Å². The molecule has 0 spiro atoms. The SMILES string of the molecule is O=C(O)[C@@H]1CC[C@@H](n2ccc(=O)[nH]c2=O)O1. The van der Waals surface area contributed by atoms with Crippen molar-refractivity contribution in [1.82, 2.24) is 9.55 Å². The first-order valence-corrected chi connectivity index (χ1v) is 4.77. The van der Waals surface area contributed by atoms with Crippen LogP contribution in [0, 0.1) is 0 Å². The van der Waals surface area contributed by atoms with Gasteiger partial charge >= 0.3 is 11.7 Å². The Balaban J connectivity index is 2.24. The molecule has 0 radical (unpaired) electrons. The number of aromatic amines is 1. The molecule has 16 heavy (non-hydrogen) atoms. The number of aliphatic carboxylic acids is 1. The molecule has 0 aromatic carbocycles. The molecule has 1 aromatic rings. The van der Waals surface area contributed by atoms with E-state index in [1.807, 2.05) is 0 Å². The lowest BCUT2D eigenvalue weighted by Gasteiger charge is -2.13. The molecule has 0 aliphatic carbocycles. The molecular weight excluding hydrogens is 216 g/mol. The molecule has 1 aliphatic rings. The summed E-state index contributed by atoms with van der Waals surface area (Å²) < 4.78 is 6.36. The quantitative estimate of drug-likeness (QED) is 0.694. The van der Waals surface area contributed by atoms with Gasteiger partial charge in [-0.15, -0.1) is 0 Å². The van der Waals surface area contributed by atoms with Crippen molar-refractivity contribution in [2.45, 2.75) is 25.2 Å². The lowest BCUT2D eigenvalue weighted by atomic mass is 10.2. The Hall–Kier alpha value is -1.89. The monoisotopic (exact) mass is 226 g/mol. The molecule has 0 saturated carbocycles. The second-order valence-electron chi connectivity index (χ2n) is 3.51. The van der Waals surface area contributed by atoms with E-state index >= 15 is 0 Å². The third kappa shape index (κ3) is 1.89. The second kappa shape index (κ2) is 3.93. The predicted molar refractivity (Wildman–Crippen MR) is 52.1 cm³/mol. The smallest absolute Gasteiger partial charge is 0.332 e. The highest BCUT2D eigenvalue weighted by molar-refractivity contribution is 5.72. The Morgan fingerprint density at radius 3 is 2.81 bits per heavy atom. The molecule has 1 aliphatic heterocycles. The Labute approximate surface area is 89.3 Å². The van der Waals surface area contributed by atoms with Crippen molar-refractivity contribution < 1.29 is 14.6 Å². The van der Waals surface area contributed by atoms with E-state index in [9.17, 15) is 14.4 Å². The van der Waals surface area contributed by atoms with Gasteiger partial charge in [-0.05, 0) is 12.8 Å². The van der Waals surface area contributed by atoms with Crippen LogP contribution in [0.25, 0.3) is 0 Å². The lowest BCUT2D eigenvalue weighted by Crippen LogP contribution is -2.32. The summed E-state index contributed by atoms with van der Waals surface area (Å²) in [4.78, 5) is 34.9. The average molecular weight is 226 g/mol. The summed E-state index contributed by atoms with van der Waals surface area (Å²) in [5, 5.41) is 8.72. The number of carboxylic acid groups (broad SMARTS) is 1. The van der Waals surface area contributed by atoms with E-state index in [0.717, 1.165) is 0 Å². The van der Waals surface area contributed by atoms with Gasteiger partial charge in [0.25, 0.3) is 5.56 Å². The molecule has 2 rings (SSSR count). The van der Waals surface area contributed by atoms with E-state index in [-0.39, 0.29) is 0 Å². The first kappa shape index (κ1) is 10.6. The topological polar surface area (TPSA) is 101 Å². The van der Waals surface area contributed by atoms with Crippen LogP contribution in [-0.4, -0.2) is 26.7 Å². The van der Waals surface area contributed by atoms with E-state index in [4.69, 9.17) is 9.84 Å². The van der Waals surface area contributed by atoms with Crippen LogP contribution in [-0.2, 0) is 9.53 Å². The Bertz CT molecular complexity index is 517. The summed E-state index contributed by atoms with van der Waals surface area (Å²) >= 11 is 0. The van der Waals surface area contributed by atoms with Crippen LogP contribution in [0.1, 0.15) is 19.1 Å². The largest absolute Gasteiger partial charge is 0.479 e. The zero-order valence-electron chi connectivity index (χ0n) is 8.25. The zero-order valence-corrected chi connectivity index (χ0v) is 8.25. The van der Waals surface area contributed by atoms with Crippen molar-refractivity contribution in [2.24, 2.45) is 0 Å². The lowest BCUT2D eigenvalue weighted by molar-refractivity contribution is -0.151. The van der Waals surface area contributed by atoms with Gasteiger partial charge in [-0.2, -0.15) is 0 Å². The average Bonchev–Trinajstić information content (AvgIpc) is 2.66. The number of nitrogens with one attached hydrogen (secondary N) is 1. The molecule has 1 aromatic heterocycles. The summed E-state index contributed by atoms with van der Waals surface area (Å²) in [7, 11) is 0. The Morgan fingerprint density at radius 1 is 1.50 bits per heavy atom. The van der Waals surface area contributed by atoms with Crippen molar-refractivity contribution in [3.63, 3.8) is 0 Å². The maximum atomic E-state index is 11.4. The third-order valence-electron chi connectivity index (χ3n) is 2.43. The summed E-state index contributed by atoms with van der Waals surface area (Å²) in [5.74, 6) is -1.04. The third-order valence-corrected chi connectivity index (χ3v) is 2.43. The van der Waals surface area contributed by atoms with E-state index in [2.05, 4.69) is 4.98 Å². The summed E-state index contributed by atoms with van der Waals surface area (Å²) in [5.41, 5.74) is -1.09. The molecule has 0 amide bonds. The molecule has 2 heterocycles. The number of rotatable bonds is 2. The Kier molecular flexibility index (Phi) is 2.61. The second-order valence-corrected chi connectivity index (χ2v) is 3.51. The molecule has 0 unspecified atom stereocenters. The first-order chi connectivity index (χ1) is 7.58. The maximum Gasteiger partial charge on any atom is 0.332 e. The minimum Gasteiger partial charge on any atom is -0.479 e.